The summed E-state index contributed by atoms with van der Waals surface area (Å²) in [4.78, 5) is 0. The van der Waals surface area contributed by atoms with E-state index in [0.717, 1.165) is 22.4 Å². The Morgan fingerprint density at radius 2 is 2.00 bits per heavy atom. The molecule has 0 spiro atoms. The van der Waals surface area contributed by atoms with Gasteiger partial charge in [-0.3, -0.25) is 0 Å². The lowest BCUT2D eigenvalue weighted by molar-refractivity contribution is 0.415. The molecule has 0 aromatic heterocycles. The number of methoxy groups -OCH3 is 1. The summed E-state index contributed by atoms with van der Waals surface area (Å²) in [6.45, 7) is 0.397. The minimum atomic E-state index is -0.433. The van der Waals surface area contributed by atoms with E-state index in [9.17, 15) is 4.39 Å². The van der Waals surface area contributed by atoms with E-state index in [1.54, 1.807) is 19.2 Å². The van der Waals surface area contributed by atoms with Gasteiger partial charge in [0.05, 0.1) is 12.1 Å². The largest absolute Gasteiger partial charge is 0.497 e. The van der Waals surface area contributed by atoms with Crippen LogP contribution in [0.25, 0.3) is 11.1 Å². The molecule has 0 aliphatic carbocycles. The summed E-state index contributed by atoms with van der Waals surface area (Å²) in [5.41, 5.74) is 8.38. The summed E-state index contributed by atoms with van der Waals surface area (Å²) >= 11 is 5.80. The van der Waals surface area contributed by atoms with Crippen LogP contribution in [-0.4, -0.2) is 7.11 Å². The SMILES string of the molecule is COc1ccc(CN)c(-c2ccc(F)c(Cl)c2)c1. The molecule has 0 amide bonds. The van der Waals surface area contributed by atoms with E-state index < -0.39 is 5.82 Å². The number of hydrogen-bond acceptors (Lipinski definition) is 2. The highest BCUT2D eigenvalue weighted by molar-refractivity contribution is 6.31. The first-order valence-electron chi connectivity index (χ1n) is 5.48. The monoisotopic (exact) mass is 265 g/mol. The van der Waals surface area contributed by atoms with Gasteiger partial charge in [0.25, 0.3) is 0 Å². The molecule has 2 N–H and O–H groups in total. The van der Waals surface area contributed by atoms with Crippen molar-refractivity contribution in [1.82, 2.24) is 0 Å². The number of nitrogens with two attached hydrogens (primary N) is 1. The lowest BCUT2D eigenvalue weighted by Crippen LogP contribution is -1.99. The fourth-order valence-electron chi connectivity index (χ4n) is 1.79. The van der Waals surface area contributed by atoms with Gasteiger partial charge in [0.1, 0.15) is 11.6 Å². The third kappa shape index (κ3) is 2.47. The van der Waals surface area contributed by atoms with Crippen molar-refractivity contribution in [2.45, 2.75) is 6.54 Å². The second kappa shape index (κ2) is 5.38. The molecule has 0 atom stereocenters. The third-order valence-corrected chi connectivity index (χ3v) is 3.06. The molecule has 0 radical (unpaired) electrons. The topological polar surface area (TPSA) is 35.2 Å². The molecular formula is C14H13ClFNO. The van der Waals surface area contributed by atoms with Crippen LogP contribution < -0.4 is 10.5 Å². The standard InChI is InChI=1S/C14H13ClFNO/c1-18-11-4-2-10(8-17)12(7-11)9-3-5-14(16)13(15)6-9/h2-7H,8,17H2,1H3. The van der Waals surface area contributed by atoms with Gasteiger partial charge in [-0.1, -0.05) is 23.7 Å². The van der Waals surface area contributed by atoms with Crippen molar-refractivity contribution in [3.63, 3.8) is 0 Å². The summed E-state index contributed by atoms with van der Waals surface area (Å²) in [7, 11) is 1.60. The quantitative estimate of drug-likeness (QED) is 0.920. The first-order chi connectivity index (χ1) is 8.65. The van der Waals surface area contributed by atoms with Gasteiger partial charge >= 0.3 is 0 Å². The first kappa shape index (κ1) is 12.9. The van der Waals surface area contributed by atoms with Crippen LogP contribution in [0, 0.1) is 5.82 Å². The molecule has 2 aromatic rings. The van der Waals surface area contributed by atoms with Crippen LogP contribution in [0.3, 0.4) is 0 Å². The zero-order valence-corrected chi connectivity index (χ0v) is 10.7. The molecule has 0 bridgehead atoms. The van der Waals surface area contributed by atoms with Gasteiger partial charge in [0, 0.05) is 6.54 Å². The molecule has 94 valence electrons. The minimum Gasteiger partial charge on any atom is -0.497 e. The summed E-state index contributed by atoms with van der Waals surface area (Å²) in [5.74, 6) is 0.292. The average Bonchev–Trinajstić information content (AvgIpc) is 2.41. The Kier molecular flexibility index (Phi) is 3.84. The summed E-state index contributed by atoms with van der Waals surface area (Å²) in [6, 6.07) is 10.2. The highest BCUT2D eigenvalue weighted by Crippen LogP contribution is 2.30. The lowest BCUT2D eigenvalue weighted by atomic mass is 9.99. The second-order valence-electron chi connectivity index (χ2n) is 3.86. The average molecular weight is 266 g/mol. The molecule has 0 unspecified atom stereocenters. The van der Waals surface area contributed by atoms with E-state index in [2.05, 4.69) is 0 Å². The number of hydrogen-bond donors (Lipinski definition) is 1. The lowest BCUT2D eigenvalue weighted by Gasteiger charge is -2.11. The molecule has 0 aliphatic heterocycles. The molecule has 0 heterocycles. The molecule has 0 saturated carbocycles. The van der Waals surface area contributed by atoms with E-state index in [4.69, 9.17) is 22.1 Å². The number of rotatable bonds is 3. The molecular weight excluding hydrogens is 253 g/mol. The summed E-state index contributed by atoms with van der Waals surface area (Å²) < 4.78 is 18.3. The van der Waals surface area contributed by atoms with Crippen molar-refractivity contribution in [3.8, 4) is 16.9 Å². The fraction of sp³-hybridized carbons (Fsp3) is 0.143. The number of benzene rings is 2. The van der Waals surface area contributed by atoms with Crippen LogP contribution in [0.15, 0.2) is 36.4 Å². The van der Waals surface area contributed by atoms with Crippen LogP contribution in [0.2, 0.25) is 5.02 Å². The predicted molar refractivity (Wildman–Crippen MR) is 71.3 cm³/mol. The Morgan fingerprint density at radius 3 is 2.61 bits per heavy atom. The van der Waals surface area contributed by atoms with Crippen molar-refractivity contribution in [2.75, 3.05) is 7.11 Å². The maximum Gasteiger partial charge on any atom is 0.141 e. The Labute approximate surface area is 110 Å². The van der Waals surface area contributed by atoms with Crippen molar-refractivity contribution in [1.29, 1.82) is 0 Å². The van der Waals surface area contributed by atoms with Gasteiger partial charge in [0.2, 0.25) is 0 Å². The smallest absolute Gasteiger partial charge is 0.141 e. The Bertz CT molecular complexity index is 572. The number of halogens is 2. The maximum atomic E-state index is 13.2. The minimum absolute atomic E-state index is 0.0956. The van der Waals surface area contributed by atoms with Gasteiger partial charge in [-0.2, -0.15) is 0 Å². The van der Waals surface area contributed by atoms with Crippen LogP contribution in [0.5, 0.6) is 5.75 Å². The Hall–Kier alpha value is -1.58. The predicted octanol–water partition coefficient (Wildman–Crippen LogP) is 3.61. The first-order valence-corrected chi connectivity index (χ1v) is 5.86. The number of ether oxygens (including phenoxy) is 1. The van der Waals surface area contributed by atoms with Crippen LogP contribution in [0.4, 0.5) is 4.39 Å². The summed E-state index contributed by atoms with van der Waals surface area (Å²) in [5, 5.41) is 0.0956. The van der Waals surface area contributed by atoms with E-state index in [1.807, 2.05) is 18.2 Å². The Morgan fingerprint density at radius 1 is 1.22 bits per heavy atom. The molecule has 0 saturated heterocycles. The third-order valence-electron chi connectivity index (χ3n) is 2.77. The second-order valence-corrected chi connectivity index (χ2v) is 4.26. The van der Waals surface area contributed by atoms with Crippen molar-refractivity contribution >= 4 is 11.6 Å². The van der Waals surface area contributed by atoms with Gasteiger partial charge in [-0.05, 0) is 41.0 Å². The Balaban J connectivity index is 2.57. The van der Waals surface area contributed by atoms with E-state index in [0.29, 0.717) is 6.54 Å². The van der Waals surface area contributed by atoms with Gasteiger partial charge in [-0.25, -0.2) is 4.39 Å². The van der Waals surface area contributed by atoms with Crippen molar-refractivity contribution < 1.29 is 9.13 Å². The van der Waals surface area contributed by atoms with Gasteiger partial charge in [-0.15, -0.1) is 0 Å². The molecule has 2 aromatic carbocycles. The van der Waals surface area contributed by atoms with Gasteiger partial charge < -0.3 is 10.5 Å². The van der Waals surface area contributed by atoms with Crippen LogP contribution in [-0.2, 0) is 6.54 Å². The van der Waals surface area contributed by atoms with Crippen LogP contribution >= 0.6 is 11.6 Å². The van der Waals surface area contributed by atoms with Crippen molar-refractivity contribution in [3.05, 3.63) is 52.8 Å². The highest BCUT2D eigenvalue weighted by atomic mass is 35.5. The zero-order chi connectivity index (χ0) is 13.1. The van der Waals surface area contributed by atoms with Gasteiger partial charge in [0.15, 0.2) is 0 Å². The molecule has 2 rings (SSSR count). The summed E-state index contributed by atoms with van der Waals surface area (Å²) in [6.07, 6.45) is 0. The van der Waals surface area contributed by atoms with E-state index in [1.165, 1.54) is 6.07 Å². The van der Waals surface area contributed by atoms with Crippen molar-refractivity contribution in [2.24, 2.45) is 5.73 Å². The molecule has 2 nitrogen and oxygen atoms in total. The molecule has 0 fully saturated rings. The fourth-order valence-corrected chi connectivity index (χ4v) is 1.97. The highest BCUT2D eigenvalue weighted by Gasteiger charge is 2.08. The van der Waals surface area contributed by atoms with E-state index in [-0.39, 0.29) is 5.02 Å². The molecule has 0 aliphatic rings. The van der Waals surface area contributed by atoms with Crippen LogP contribution in [0.1, 0.15) is 5.56 Å². The maximum absolute atomic E-state index is 13.2. The zero-order valence-electron chi connectivity index (χ0n) is 9.91. The van der Waals surface area contributed by atoms with E-state index >= 15 is 0 Å². The normalized spacial score (nSPS) is 10.4. The molecule has 4 heteroatoms. The molecule has 18 heavy (non-hydrogen) atoms.